The summed E-state index contributed by atoms with van der Waals surface area (Å²) in [5, 5.41) is 4.45. The van der Waals surface area contributed by atoms with E-state index in [9.17, 15) is 4.79 Å². The summed E-state index contributed by atoms with van der Waals surface area (Å²) in [5.74, 6) is 0.511. The molecule has 6 nitrogen and oxygen atoms in total. The molecule has 0 unspecified atom stereocenters. The number of aromatic nitrogens is 2. The fourth-order valence-corrected chi connectivity index (χ4v) is 3.20. The zero-order valence-corrected chi connectivity index (χ0v) is 20.0. The van der Waals surface area contributed by atoms with Gasteiger partial charge in [-0.3, -0.25) is 14.5 Å². The van der Waals surface area contributed by atoms with Crippen LogP contribution in [0, 0.1) is 12.8 Å². The Labute approximate surface area is 186 Å². The van der Waals surface area contributed by atoms with E-state index in [0.717, 1.165) is 22.5 Å². The Bertz CT molecular complexity index is 945. The van der Waals surface area contributed by atoms with Crippen LogP contribution >= 0.6 is 0 Å². The molecular formula is C25H35N3O3. The first-order chi connectivity index (χ1) is 14.5. The van der Waals surface area contributed by atoms with Crippen molar-refractivity contribution in [1.82, 2.24) is 9.78 Å². The summed E-state index contributed by atoms with van der Waals surface area (Å²) < 4.78 is 13.1. The van der Waals surface area contributed by atoms with Gasteiger partial charge in [0.15, 0.2) is 5.76 Å². The summed E-state index contributed by atoms with van der Waals surface area (Å²) >= 11 is 0. The van der Waals surface area contributed by atoms with Crippen LogP contribution in [0.5, 0.6) is 0 Å². The van der Waals surface area contributed by atoms with Gasteiger partial charge in [0.25, 0.3) is 0 Å². The van der Waals surface area contributed by atoms with Crippen LogP contribution in [0.25, 0.3) is 11.3 Å². The van der Waals surface area contributed by atoms with E-state index in [1.54, 1.807) is 17.9 Å². The van der Waals surface area contributed by atoms with Crippen molar-refractivity contribution in [2.45, 2.75) is 53.4 Å². The van der Waals surface area contributed by atoms with Gasteiger partial charge in [0.05, 0.1) is 5.69 Å². The van der Waals surface area contributed by atoms with Gasteiger partial charge in [-0.1, -0.05) is 58.9 Å². The number of esters is 1. The number of carbonyl (C=O) groups is 1. The number of rotatable bonds is 8. The lowest BCUT2D eigenvalue weighted by atomic mass is 9.86. The third-order valence-corrected chi connectivity index (χ3v) is 4.80. The number of allylic oxidation sites excluding steroid dienone is 1. The minimum atomic E-state index is -0.282. The zero-order chi connectivity index (χ0) is 23.2. The van der Waals surface area contributed by atoms with Gasteiger partial charge in [0.2, 0.25) is 6.79 Å². The number of carbonyl (C=O) groups excluding carboxylic acids is 1. The van der Waals surface area contributed by atoms with E-state index < -0.39 is 0 Å². The quantitative estimate of drug-likeness (QED) is 0.254. The first-order valence-electron chi connectivity index (χ1n) is 10.6. The fraction of sp³-hybridized carbons (Fsp3) is 0.480. The van der Waals surface area contributed by atoms with Gasteiger partial charge in [-0.2, -0.15) is 5.10 Å². The van der Waals surface area contributed by atoms with Crippen molar-refractivity contribution in [3.05, 3.63) is 52.8 Å². The summed E-state index contributed by atoms with van der Waals surface area (Å²) in [6, 6.07) is 10.3. The van der Waals surface area contributed by atoms with Gasteiger partial charge >= 0.3 is 5.97 Å². The average Bonchev–Trinajstić information content (AvgIpc) is 3.00. The third kappa shape index (κ3) is 6.81. The normalized spacial score (nSPS) is 12.9. The van der Waals surface area contributed by atoms with Crippen LogP contribution < -0.4 is 0 Å². The van der Waals surface area contributed by atoms with Crippen molar-refractivity contribution in [2.75, 3.05) is 13.8 Å². The van der Waals surface area contributed by atoms with E-state index in [0.29, 0.717) is 12.2 Å². The van der Waals surface area contributed by atoms with E-state index in [1.165, 1.54) is 5.56 Å². The molecule has 1 aromatic heterocycles. The molecule has 0 aliphatic rings. The minimum absolute atomic E-state index is 0.0599. The van der Waals surface area contributed by atoms with Crippen molar-refractivity contribution in [1.29, 1.82) is 0 Å². The summed E-state index contributed by atoms with van der Waals surface area (Å²) in [5.41, 5.74) is 4.71. The van der Waals surface area contributed by atoms with Gasteiger partial charge in [0, 0.05) is 32.3 Å². The lowest BCUT2D eigenvalue weighted by molar-refractivity contribution is -0.152. The third-order valence-electron chi connectivity index (χ3n) is 4.80. The van der Waals surface area contributed by atoms with Crippen LogP contribution in [0.4, 0.5) is 0 Å². The molecule has 0 saturated carbocycles. The number of benzene rings is 1. The number of aryl methyl sites for hydroxylation is 2. The Morgan fingerprint density at radius 3 is 2.32 bits per heavy atom. The number of aliphatic imine (C=N–C) groups is 1. The predicted octanol–water partition coefficient (Wildman–Crippen LogP) is 5.16. The molecule has 0 bridgehead atoms. The van der Waals surface area contributed by atoms with E-state index in [-0.39, 0.29) is 24.1 Å². The maximum Gasteiger partial charge on any atom is 0.308 e. The van der Waals surface area contributed by atoms with Crippen LogP contribution in [0.3, 0.4) is 0 Å². The molecule has 0 atom stereocenters. The molecule has 0 aliphatic carbocycles. The monoisotopic (exact) mass is 425 g/mol. The molecule has 0 amide bonds. The van der Waals surface area contributed by atoms with E-state index in [1.807, 2.05) is 33.9 Å². The fourth-order valence-electron chi connectivity index (χ4n) is 3.20. The van der Waals surface area contributed by atoms with Crippen molar-refractivity contribution in [3.8, 4) is 0 Å². The van der Waals surface area contributed by atoms with E-state index in [2.05, 4.69) is 55.1 Å². The lowest BCUT2D eigenvalue weighted by Crippen LogP contribution is -2.13. The number of hydrogen-bond acceptors (Lipinski definition) is 5. The minimum Gasteiger partial charge on any atom is -0.454 e. The van der Waals surface area contributed by atoms with Crippen molar-refractivity contribution < 1.29 is 14.3 Å². The molecule has 31 heavy (non-hydrogen) atoms. The summed E-state index contributed by atoms with van der Waals surface area (Å²) in [6.07, 6.45) is 2.12. The van der Waals surface area contributed by atoms with Gasteiger partial charge in [-0.05, 0) is 35.4 Å². The Balaban J connectivity index is 2.47. The molecule has 6 heteroatoms. The summed E-state index contributed by atoms with van der Waals surface area (Å²) in [7, 11) is 3.58. The second-order valence-corrected chi connectivity index (χ2v) is 9.13. The first kappa shape index (κ1) is 24.4. The molecule has 1 heterocycles. The van der Waals surface area contributed by atoms with Gasteiger partial charge in [-0.25, -0.2) is 0 Å². The molecule has 168 valence electrons. The molecule has 0 aliphatic heterocycles. The molecule has 0 spiro atoms. The van der Waals surface area contributed by atoms with E-state index >= 15 is 0 Å². The maximum atomic E-state index is 12.0. The van der Waals surface area contributed by atoms with Gasteiger partial charge < -0.3 is 9.47 Å². The topological polar surface area (TPSA) is 65.7 Å². The Hall–Kier alpha value is -2.89. The molecule has 0 fully saturated rings. The summed E-state index contributed by atoms with van der Waals surface area (Å²) in [4.78, 5) is 16.2. The maximum absolute atomic E-state index is 12.0. The van der Waals surface area contributed by atoms with E-state index in [4.69, 9.17) is 9.47 Å². The molecule has 1 aromatic carbocycles. The zero-order valence-electron chi connectivity index (χ0n) is 20.0. The Kier molecular flexibility index (Phi) is 8.20. The highest BCUT2D eigenvalue weighted by molar-refractivity contribution is 6.18. The van der Waals surface area contributed by atoms with Crippen molar-refractivity contribution >= 4 is 23.5 Å². The van der Waals surface area contributed by atoms with Crippen LogP contribution in [-0.4, -0.2) is 35.8 Å². The molecule has 2 rings (SSSR count). The molecule has 0 N–H and O–H groups in total. The predicted molar refractivity (Wildman–Crippen MR) is 126 cm³/mol. The van der Waals surface area contributed by atoms with Gasteiger partial charge in [0.1, 0.15) is 5.69 Å². The number of hydrogen-bond donors (Lipinski definition) is 0. The highest BCUT2D eigenvalue weighted by Gasteiger charge is 2.19. The summed E-state index contributed by atoms with van der Waals surface area (Å²) in [6.45, 7) is 12.3. The Morgan fingerprint density at radius 1 is 1.19 bits per heavy atom. The standard InChI is InChI=1S/C25H35N3O3/c1-17(2)13-23(29)30-16-31-24(22-14-18(3)27-28(22)8)21(15-26-7)19-9-11-20(12-10-19)25(4,5)6/h9-12,14-15,17H,13,16H2,1-8H3/b24-21-,26-15-. The van der Waals surface area contributed by atoms with Crippen LogP contribution in [0.1, 0.15) is 63.6 Å². The van der Waals surface area contributed by atoms with Crippen molar-refractivity contribution in [3.63, 3.8) is 0 Å². The number of nitrogens with zero attached hydrogens (tertiary/aromatic N) is 3. The molecule has 0 radical (unpaired) electrons. The SMILES string of the molecule is C/N=C\C(=C(\OCOC(=O)CC(C)C)c1cc(C)nn1C)c1ccc(C(C)(C)C)cc1. The second-order valence-electron chi connectivity index (χ2n) is 9.13. The molecule has 0 saturated heterocycles. The largest absolute Gasteiger partial charge is 0.454 e. The lowest BCUT2D eigenvalue weighted by Gasteiger charge is -2.20. The molecule has 2 aromatic rings. The highest BCUT2D eigenvalue weighted by atomic mass is 16.7. The average molecular weight is 426 g/mol. The number of ether oxygens (including phenoxy) is 2. The van der Waals surface area contributed by atoms with Gasteiger partial charge in [-0.15, -0.1) is 0 Å². The second kappa shape index (κ2) is 10.4. The Morgan fingerprint density at radius 2 is 1.84 bits per heavy atom. The molecular weight excluding hydrogens is 390 g/mol. The van der Waals surface area contributed by atoms with Crippen LogP contribution in [-0.2, 0) is 26.7 Å². The first-order valence-corrected chi connectivity index (χ1v) is 10.6. The highest BCUT2D eigenvalue weighted by Crippen LogP contribution is 2.29. The van der Waals surface area contributed by atoms with Crippen LogP contribution in [0.15, 0.2) is 35.3 Å². The van der Waals surface area contributed by atoms with Crippen LogP contribution in [0.2, 0.25) is 0 Å². The van der Waals surface area contributed by atoms with Crippen molar-refractivity contribution in [2.24, 2.45) is 18.0 Å². The smallest absolute Gasteiger partial charge is 0.308 e.